The molecule has 21 heavy (non-hydrogen) atoms. The Labute approximate surface area is 129 Å². The summed E-state index contributed by atoms with van der Waals surface area (Å²) in [6.45, 7) is 6.25. The maximum Gasteiger partial charge on any atom is 0.150 e. The molecule has 0 aromatic carbocycles. The van der Waals surface area contributed by atoms with E-state index in [1.54, 1.807) is 14.0 Å². The third-order valence-electron chi connectivity index (χ3n) is 5.08. The number of ether oxygens (including phenoxy) is 1. The molecule has 3 N–H and O–H groups in total. The number of hydrazine groups is 1. The summed E-state index contributed by atoms with van der Waals surface area (Å²) < 4.78 is 29.0. The first-order chi connectivity index (χ1) is 9.70. The smallest absolute Gasteiger partial charge is 0.150 e. The van der Waals surface area contributed by atoms with Crippen LogP contribution in [-0.4, -0.2) is 38.7 Å². The molecule has 0 aromatic heterocycles. The number of nitrogens with two attached hydrogens (primary N) is 1. The van der Waals surface area contributed by atoms with Gasteiger partial charge in [-0.1, -0.05) is 20.8 Å². The summed E-state index contributed by atoms with van der Waals surface area (Å²) in [6.07, 6.45) is 5.49. The van der Waals surface area contributed by atoms with Gasteiger partial charge in [0.2, 0.25) is 0 Å². The van der Waals surface area contributed by atoms with Crippen molar-refractivity contribution in [2.24, 2.45) is 11.3 Å². The van der Waals surface area contributed by atoms with E-state index >= 15 is 0 Å². The molecule has 0 spiro atoms. The molecule has 1 aliphatic rings. The summed E-state index contributed by atoms with van der Waals surface area (Å²) in [6, 6.07) is 0.00524. The number of methoxy groups -OCH3 is 1. The maximum absolute atomic E-state index is 11.6. The van der Waals surface area contributed by atoms with Gasteiger partial charge in [-0.05, 0) is 43.9 Å². The highest BCUT2D eigenvalue weighted by molar-refractivity contribution is 7.91. The Morgan fingerprint density at radius 2 is 1.81 bits per heavy atom. The van der Waals surface area contributed by atoms with Crippen LogP contribution in [0.15, 0.2) is 0 Å². The van der Waals surface area contributed by atoms with Crippen LogP contribution in [0.3, 0.4) is 0 Å². The second-order valence-corrected chi connectivity index (χ2v) is 9.50. The fourth-order valence-corrected chi connectivity index (χ4v) is 4.09. The van der Waals surface area contributed by atoms with Crippen molar-refractivity contribution >= 4 is 9.84 Å². The lowest BCUT2D eigenvalue weighted by Crippen LogP contribution is -2.56. The van der Waals surface area contributed by atoms with Crippen LogP contribution in [0.2, 0.25) is 0 Å². The zero-order valence-corrected chi connectivity index (χ0v) is 14.8. The number of hydrogen-bond acceptors (Lipinski definition) is 5. The third-order valence-corrected chi connectivity index (χ3v) is 6.87. The fraction of sp³-hybridized carbons (Fsp3) is 1.00. The van der Waals surface area contributed by atoms with Gasteiger partial charge in [0.25, 0.3) is 0 Å². The van der Waals surface area contributed by atoms with Crippen molar-refractivity contribution in [1.82, 2.24) is 5.43 Å². The van der Waals surface area contributed by atoms with Crippen LogP contribution in [0, 0.1) is 5.41 Å². The van der Waals surface area contributed by atoms with E-state index in [0.29, 0.717) is 11.8 Å². The average molecular weight is 320 g/mol. The van der Waals surface area contributed by atoms with Gasteiger partial charge >= 0.3 is 0 Å². The van der Waals surface area contributed by atoms with E-state index in [0.717, 1.165) is 32.1 Å². The topological polar surface area (TPSA) is 81.4 Å². The average Bonchev–Trinajstić information content (AvgIpc) is 2.45. The molecule has 0 bridgehead atoms. The fourth-order valence-electron chi connectivity index (χ4n) is 3.19. The van der Waals surface area contributed by atoms with Gasteiger partial charge in [0.1, 0.15) is 9.84 Å². The molecule has 1 fully saturated rings. The lowest BCUT2D eigenvalue weighted by atomic mass is 9.68. The molecule has 1 aliphatic carbocycles. The third kappa shape index (κ3) is 5.20. The van der Waals surface area contributed by atoms with Gasteiger partial charge in [-0.25, -0.2) is 8.42 Å². The number of hydrogen-bond donors (Lipinski definition) is 2. The molecule has 126 valence electrons. The summed E-state index contributed by atoms with van der Waals surface area (Å²) in [5, 5.41) is 0. The van der Waals surface area contributed by atoms with Crippen LogP contribution in [0.25, 0.3) is 0 Å². The van der Waals surface area contributed by atoms with Crippen LogP contribution in [0.4, 0.5) is 0 Å². The van der Waals surface area contributed by atoms with Gasteiger partial charge in [-0.3, -0.25) is 11.3 Å². The number of sulfone groups is 1. The number of rotatable bonds is 8. The minimum atomic E-state index is -2.91. The van der Waals surface area contributed by atoms with E-state index in [1.165, 1.54) is 0 Å². The molecule has 0 heterocycles. The van der Waals surface area contributed by atoms with Crippen molar-refractivity contribution < 1.29 is 13.2 Å². The lowest BCUT2D eigenvalue weighted by molar-refractivity contribution is -0.0880. The van der Waals surface area contributed by atoms with Gasteiger partial charge in [-0.2, -0.15) is 0 Å². The van der Waals surface area contributed by atoms with Crippen molar-refractivity contribution in [2.45, 2.75) is 70.9 Å². The van der Waals surface area contributed by atoms with E-state index in [2.05, 4.69) is 19.3 Å². The first-order valence-corrected chi connectivity index (χ1v) is 9.74. The zero-order valence-electron chi connectivity index (χ0n) is 13.9. The van der Waals surface area contributed by atoms with Crippen molar-refractivity contribution in [1.29, 1.82) is 0 Å². The summed E-state index contributed by atoms with van der Waals surface area (Å²) in [4.78, 5) is 0. The summed E-state index contributed by atoms with van der Waals surface area (Å²) in [7, 11) is -1.17. The van der Waals surface area contributed by atoms with Crippen LogP contribution in [-0.2, 0) is 14.6 Å². The molecule has 0 aromatic rings. The normalized spacial score (nSPS) is 22.9. The van der Waals surface area contributed by atoms with Crippen molar-refractivity contribution in [3.05, 3.63) is 0 Å². The summed E-state index contributed by atoms with van der Waals surface area (Å²) >= 11 is 0. The van der Waals surface area contributed by atoms with Crippen molar-refractivity contribution in [2.75, 3.05) is 18.6 Å². The molecular formula is C15H32N2O3S. The highest BCUT2D eigenvalue weighted by Crippen LogP contribution is 2.44. The molecule has 6 heteroatoms. The maximum atomic E-state index is 11.6. The Hall–Kier alpha value is -0.170. The quantitative estimate of drug-likeness (QED) is 0.528. The van der Waals surface area contributed by atoms with Gasteiger partial charge in [0.15, 0.2) is 0 Å². The van der Waals surface area contributed by atoms with Crippen molar-refractivity contribution in [3.63, 3.8) is 0 Å². The second-order valence-electron chi connectivity index (χ2n) is 7.03. The second kappa shape index (κ2) is 7.40. The SMILES string of the molecule is CCS(=O)(=O)CCCC(NN)C1(OC)CCC(C)(C)CC1. The Bertz CT molecular complexity index is 411. The summed E-state index contributed by atoms with van der Waals surface area (Å²) in [5.74, 6) is 6.17. The molecule has 0 radical (unpaired) electrons. The Morgan fingerprint density at radius 1 is 1.24 bits per heavy atom. The molecule has 1 saturated carbocycles. The van der Waals surface area contributed by atoms with Gasteiger partial charge in [0, 0.05) is 12.9 Å². The Balaban J connectivity index is 2.64. The minimum Gasteiger partial charge on any atom is -0.377 e. The van der Waals surface area contributed by atoms with E-state index in [9.17, 15) is 8.42 Å². The molecule has 1 unspecified atom stereocenters. The van der Waals surface area contributed by atoms with Gasteiger partial charge in [-0.15, -0.1) is 0 Å². The van der Waals surface area contributed by atoms with Crippen LogP contribution in [0.1, 0.15) is 59.3 Å². The van der Waals surface area contributed by atoms with Crippen LogP contribution in [0.5, 0.6) is 0 Å². The molecule has 0 saturated heterocycles. The molecular weight excluding hydrogens is 288 g/mol. The predicted octanol–water partition coefficient (Wildman–Crippen LogP) is 2.02. The molecule has 0 amide bonds. The monoisotopic (exact) mass is 320 g/mol. The standard InChI is InChI=1S/C15H32N2O3S/c1-5-21(18,19)12-6-7-13(17-16)15(20-4)10-8-14(2,3)9-11-15/h13,17H,5-12,16H2,1-4H3. The first-order valence-electron chi connectivity index (χ1n) is 7.92. The lowest BCUT2D eigenvalue weighted by Gasteiger charge is -2.47. The Morgan fingerprint density at radius 3 is 2.24 bits per heavy atom. The predicted molar refractivity (Wildman–Crippen MR) is 86.7 cm³/mol. The minimum absolute atomic E-state index is 0.00524. The van der Waals surface area contributed by atoms with E-state index < -0.39 is 9.84 Å². The van der Waals surface area contributed by atoms with Gasteiger partial charge < -0.3 is 4.74 Å². The zero-order chi connectivity index (χ0) is 16.1. The number of nitrogens with one attached hydrogen (secondary N) is 1. The van der Waals surface area contributed by atoms with Gasteiger partial charge in [0.05, 0.1) is 17.4 Å². The highest BCUT2D eigenvalue weighted by Gasteiger charge is 2.43. The van der Waals surface area contributed by atoms with Crippen LogP contribution >= 0.6 is 0 Å². The Kier molecular flexibility index (Phi) is 6.65. The van der Waals surface area contributed by atoms with E-state index in [1.807, 2.05) is 0 Å². The van der Waals surface area contributed by atoms with E-state index in [-0.39, 0.29) is 23.1 Å². The molecule has 5 nitrogen and oxygen atoms in total. The highest BCUT2D eigenvalue weighted by atomic mass is 32.2. The van der Waals surface area contributed by atoms with E-state index in [4.69, 9.17) is 10.6 Å². The van der Waals surface area contributed by atoms with Crippen LogP contribution < -0.4 is 11.3 Å². The molecule has 1 atom stereocenters. The van der Waals surface area contributed by atoms with Crippen molar-refractivity contribution in [3.8, 4) is 0 Å². The first kappa shape index (κ1) is 18.9. The molecule has 1 rings (SSSR count). The summed E-state index contributed by atoms with van der Waals surface area (Å²) in [5.41, 5.74) is 2.97. The molecule has 0 aliphatic heterocycles. The largest absolute Gasteiger partial charge is 0.377 e.